The van der Waals surface area contributed by atoms with Gasteiger partial charge >= 0.3 is 0 Å². The second-order valence-corrected chi connectivity index (χ2v) is 5.01. The van der Waals surface area contributed by atoms with Gasteiger partial charge in [0.1, 0.15) is 0 Å². The summed E-state index contributed by atoms with van der Waals surface area (Å²) in [6.45, 7) is 5.46. The van der Waals surface area contributed by atoms with Crippen LogP contribution in [0.25, 0.3) is 0 Å². The van der Waals surface area contributed by atoms with Crippen molar-refractivity contribution >= 4 is 5.91 Å². The second kappa shape index (κ2) is 5.64. The van der Waals surface area contributed by atoms with Crippen LogP contribution in [0.5, 0.6) is 0 Å². The summed E-state index contributed by atoms with van der Waals surface area (Å²) < 4.78 is 0. The van der Waals surface area contributed by atoms with Crippen molar-refractivity contribution in [3.05, 3.63) is 0 Å². The van der Waals surface area contributed by atoms with Crippen LogP contribution in [0, 0.1) is 5.92 Å². The fourth-order valence-corrected chi connectivity index (χ4v) is 2.48. The summed E-state index contributed by atoms with van der Waals surface area (Å²) in [6.07, 6.45) is 4.64. The van der Waals surface area contributed by atoms with E-state index < -0.39 is 0 Å². The lowest BCUT2D eigenvalue weighted by Gasteiger charge is -2.36. The van der Waals surface area contributed by atoms with Crippen molar-refractivity contribution in [3.8, 4) is 0 Å². The first-order chi connectivity index (χ1) is 7.79. The summed E-state index contributed by atoms with van der Waals surface area (Å²) in [7, 11) is 0. The van der Waals surface area contributed by atoms with Gasteiger partial charge in [0.05, 0.1) is 0 Å². The number of carbonyl (C=O) groups is 1. The molecule has 1 saturated carbocycles. The van der Waals surface area contributed by atoms with Crippen LogP contribution in [-0.4, -0.2) is 55.0 Å². The molecule has 4 heteroatoms. The van der Waals surface area contributed by atoms with Gasteiger partial charge in [-0.3, -0.25) is 9.69 Å². The van der Waals surface area contributed by atoms with Gasteiger partial charge in [0.15, 0.2) is 0 Å². The first-order valence-corrected chi connectivity index (χ1v) is 6.50. The Hall–Kier alpha value is -0.610. The number of carbonyl (C=O) groups excluding carboxylic acids is 1. The van der Waals surface area contributed by atoms with Crippen LogP contribution < -0.4 is 5.73 Å². The minimum Gasteiger partial charge on any atom is -0.340 e. The number of nitrogens with zero attached hydrogens (tertiary/aromatic N) is 2. The summed E-state index contributed by atoms with van der Waals surface area (Å²) in [4.78, 5) is 16.3. The molecule has 1 saturated heterocycles. The van der Waals surface area contributed by atoms with Crippen LogP contribution in [-0.2, 0) is 4.79 Å². The third-order valence-corrected chi connectivity index (χ3v) is 3.86. The van der Waals surface area contributed by atoms with Crippen molar-refractivity contribution in [1.29, 1.82) is 0 Å². The largest absolute Gasteiger partial charge is 0.340 e. The van der Waals surface area contributed by atoms with Crippen molar-refractivity contribution in [2.45, 2.75) is 25.7 Å². The second-order valence-electron chi connectivity index (χ2n) is 5.01. The summed E-state index contributed by atoms with van der Waals surface area (Å²) in [5, 5.41) is 0. The summed E-state index contributed by atoms with van der Waals surface area (Å²) in [5.74, 6) is 1.06. The van der Waals surface area contributed by atoms with Gasteiger partial charge in [0.2, 0.25) is 5.91 Å². The van der Waals surface area contributed by atoms with E-state index in [2.05, 4.69) is 4.90 Å². The van der Waals surface area contributed by atoms with Crippen LogP contribution in [0.2, 0.25) is 0 Å². The Bertz CT molecular complexity index is 232. The molecule has 16 heavy (non-hydrogen) atoms. The molecule has 0 aromatic heterocycles. The van der Waals surface area contributed by atoms with E-state index >= 15 is 0 Å². The van der Waals surface area contributed by atoms with E-state index in [9.17, 15) is 4.79 Å². The maximum absolute atomic E-state index is 11.9. The van der Waals surface area contributed by atoms with Gasteiger partial charge in [-0.2, -0.15) is 0 Å². The molecule has 2 aliphatic rings. The van der Waals surface area contributed by atoms with E-state index in [-0.39, 0.29) is 0 Å². The van der Waals surface area contributed by atoms with Crippen LogP contribution in [0.15, 0.2) is 0 Å². The number of hydrogen-bond donors (Lipinski definition) is 1. The van der Waals surface area contributed by atoms with Crippen LogP contribution in [0.3, 0.4) is 0 Å². The van der Waals surface area contributed by atoms with E-state index in [1.807, 2.05) is 4.90 Å². The zero-order valence-corrected chi connectivity index (χ0v) is 10.0. The quantitative estimate of drug-likeness (QED) is 0.747. The van der Waals surface area contributed by atoms with Crippen molar-refractivity contribution < 1.29 is 4.79 Å². The highest BCUT2D eigenvalue weighted by Crippen LogP contribution is 2.29. The number of piperazine rings is 1. The Morgan fingerprint density at radius 2 is 1.88 bits per heavy atom. The Morgan fingerprint density at radius 3 is 2.38 bits per heavy atom. The highest BCUT2D eigenvalue weighted by atomic mass is 16.2. The summed E-state index contributed by atoms with van der Waals surface area (Å²) >= 11 is 0. The van der Waals surface area contributed by atoms with E-state index in [4.69, 9.17) is 5.73 Å². The van der Waals surface area contributed by atoms with Gasteiger partial charge in [0, 0.05) is 45.7 Å². The first-order valence-electron chi connectivity index (χ1n) is 6.50. The fraction of sp³-hybridized carbons (Fsp3) is 0.917. The predicted octanol–water partition coefficient (Wildman–Crippen LogP) is 0.279. The standard InChI is InChI=1S/C12H23N3O/c13-4-5-14-6-8-15(9-7-14)12(16)10-11-2-1-3-11/h11H,1-10,13H2. The lowest BCUT2D eigenvalue weighted by Crippen LogP contribution is -2.50. The summed E-state index contributed by atoms with van der Waals surface area (Å²) in [5.41, 5.74) is 5.52. The molecule has 2 rings (SSSR count). The molecule has 1 aliphatic heterocycles. The van der Waals surface area contributed by atoms with Crippen molar-refractivity contribution in [1.82, 2.24) is 9.80 Å². The smallest absolute Gasteiger partial charge is 0.222 e. The molecule has 0 atom stereocenters. The van der Waals surface area contributed by atoms with E-state index in [0.717, 1.165) is 45.7 Å². The highest BCUT2D eigenvalue weighted by molar-refractivity contribution is 5.76. The van der Waals surface area contributed by atoms with Gasteiger partial charge in [-0.05, 0) is 18.8 Å². The molecule has 0 aromatic carbocycles. The van der Waals surface area contributed by atoms with E-state index in [1.165, 1.54) is 19.3 Å². The van der Waals surface area contributed by atoms with Gasteiger partial charge in [0.25, 0.3) is 0 Å². The fourth-order valence-electron chi connectivity index (χ4n) is 2.48. The molecule has 0 spiro atoms. The average molecular weight is 225 g/mol. The molecular formula is C12H23N3O. The molecule has 0 bridgehead atoms. The predicted molar refractivity (Wildman–Crippen MR) is 64.0 cm³/mol. The topological polar surface area (TPSA) is 49.6 Å². The van der Waals surface area contributed by atoms with Gasteiger partial charge < -0.3 is 10.6 Å². The minimum absolute atomic E-state index is 0.372. The molecule has 1 amide bonds. The Labute approximate surface area is 97.8 Å². The monoisotopic (exact) mass is 225 g/mol. The molecule has 4 nitrogen and oxygen atoms in total. The van der Waals surface area contributed by atoms with Crippen LogP contribution in [0.4, 0.5) is 0 Å². The molecule has 1 aliphatic carbocycles. The van der Waals surface area contributed by atoms with Gasteiger partial charge in [-0.25, -0.2) is 0 Å². The Balaban J connectivity index is 1.68. The van der Waals surface area contributed by atoms with Gasteiger partial charge in [-0.1, -0.05) is 6.42 Å². The molecular weight excluding hydrogens is 202 g/mol. The molecule has 0 unspecified atom stereocenters. The molecule has 1 heterocycles. The molecule has 92 valence electrons. The lowest BCUT2D eigenvalue weighted by molar-refractivity contribution is -0.134. The number of hydrogen-bond acceptors (Lipinski definition) is 3. The lowest BCUT2D eigenvalue weighted by atomic mass is 9.82. The third-order valence-electron chi connectivity index (χ3n) is 3.86. The zero-order chi connectivity index (χ0) is 11.4. The highest BCUT2D eigenvalue weighted by Gasteiger charge is 2.25. The minimum atomic E-state index is 0.372. The van der Waals surface area contributed by atoms with E-state index in [1.54, 1.807) is 0 Å². The Morgan fingerprint density at radius 1 is 1.19 bits per heavy atom. The summed E-state index contributed by atoms with van der Waals surface area (Å²) in [6, 6.07) is 0. The average Bonchev–Trinajstić information content (AvgIpc) is 2.25. The van der Waals surface area contributed by atoms with Gasteiger partial charge in [-0.15, -0.1) is 0 Å². The van der Waals surface area contributed by atoms with Crippen LogP contribution in [0.1, 0.15) is 25.7 Å². The molecule has 2 fully saturated rings. The normalized spacial score (nSPS) is 23.2. The number of amides is 1. The molecule has 0 radical (unpaired) electrons. The van der Waals surface area contributed by atoms with Crippen molar-refractivity contribution in [2.24, 2.45) is 11.7 Å². The zero-order valence-electron chi connectivity index (χ0n) is 10.0. The number of rotatable bonds is 4. The van der Waals surface area contributed by atoms with Crippen LogP contribution >= 0.6 is 0 Å². The van der Waals surface area contributed by atoms with E-state index in [0.29, 0.717) is 11.8 Å². The third kappa shape index (κ3) is 2.95. The Kier molecular flexibility index (Phi) is 4.18. The molecule has 0 aromatic rings. The molecule has 2 N–H and O–H groups in total. The number of nitrogens with two attached hydrogens (primary N) is 1. The maximum atomic E-state index is 11.9. The SMILES string of the molecule is NCCN1CCN(C(=O)CC2CCC2)CC1. The maximum Gasteiger partial charge on any atom is 0.222 e. The first kappa shape index (κ1) is 11.9. The van der Waals surface area contributed by atoms with Crippen molar-refractivity contribution in [3.63, 3.8) is 0 Å². The van der Waals surface area contributed by atoms with Crippen molar-refractivity contribution in [2.75, 3.05) is 39.3 Å².